The van der Waals surface area contributed by atoms with Crippen molar-refractivity contribution in [2.24, 2.45) is 0 Å². The molecule has 0 fully saturated rings. The van der Waals surface area contributed by atoms with Crippen LogP contribution in [-0.2, 0) is 20.8 Å². The molecule has 0 radical (unpaired) electrons. The molecule has 0 saturated carbocycles. The number of esters is 1. The third-order valence-corrected chi connectivity index (χ3v) is 5.42. The number of thiophene rings is 1. The molecule has 35 heavy (non-hydrogen) atoms. The second kappa shape index (κ2) is 11.8. The number of methoxy groups -OCH3 is 1. The summed E-state index contributed by atoms with van der Waals surface area (Å²) in [6, 6.07) is 8.20. The lowest BCUT2D eigenvalue weighted by Crippen LogP contribution is -2.49. The maximum atomic E-state index is 12.8. The fraction of sp³-hybridized carbons (Fsp3) is 0.348. The number of amides is 3. The molecule has 2 aromatic rings. The van der Waals surface area contributed by atoms with Crippen molar-refractivity contribution < 1.29 is 33.8 Å². The van der Waals surface area contributed by atoms with Crippen LogP contribution in [0.5, 0.6) is 5.75 Å². The minimum absolute atomic E-state index is 0.0555. The number of ether oxygens (including phenoxy) is 2. The van der Waals surface area contributed by atoms with Gasteiger partial charge in [-0.1, -0.05) is 12.1 Å². The second-order valence-electron chi connectivity index (χ2n) is 8.25. The largest absolute Gasteiger partial charge is 0.508 e. The normalized spacial score (nSPS) is 11.5. The Hall–Kier alpha value is -4.11. The van der Waals surface area contributed by atoms with E-state index in [9.17, 15) is 29.5 Å². The van der Waals surface area contributed by atoms with Crippen LogP contribution in [0.2, 0.25) is 0 Å². The van der Waals surface area contributed by atoms with Crippen LogP contribution in [0.3, 0.4) is 0 Å². The summed E-state index contributed by atoms with van der Waals surface area (Å²) in [5.41, 5.74) is -0.157. The topological polar surface area (TPSA) is 167 Å². The van der Waals surface area contributed by atoms with Gasteiger partial charge in [-0.25, -0.2) is 9.59 Å². The predicted molar refractivity (Wildman–Crippen MR) is 126 cm³/mol. The number of rotatable bonds is 8. The van der Waals surface area contributed by atoms with Crippen LogP contribution in [0.15, 0.2) is 30.3 Å². The summed E-state index contributed by atoms with van der Waals surface area (Å²) in [4.78, 5) is 49.4. The van der Waals surface area contributed by atoms with Crippen LogP contribution >= 0.6 is 11.3 Å². The number of hydrogen-bond acceptors (Lipinski definition) is 9. The Kier molecular flexibility index (Phi) is 9.18. The third-order valence-electron chi connectivity index (χ3n) is 4.29. The van der Waals surface area contributed by atoms with Gasteiger partial charge in [0, 0.05) is 6.54 Å². The van der Waals surface area contributed by atoms with Crippen molar-refractivity contribution in [1.82, 2.24) is 16.0 Å². The van der Waals surface area contributed by atoms with Gasteiger partial charge in [0.1, 0.15) is 28.3 Å². The zero-order valence-electron chi connectivity index (χ0n) is 19.6. The quantitative estimate of drug-likeness (QED) is 0.398. The third kappa shape index (κ3) is 8.31. The van der Waals surface area contributed by atoms with Crippen molar-refractivity contribution in [3.63, 3.8) is 0 Å². The van der Waals surface area contributed by atoms with Gasteiger partial charge in [-0.3, -0.25) is 9.59 Å². The fourth-order valence-electron chi connectivity index (χ4n) is 2.75. The van der Waals surface area contributed by atoms with E-state index in [1.165, 1.54) is 18.2 Å². The molecule has 1 aromatic heterocycles. The Morgan fingerprint density at radius 1 is 1.14 bits per heavy atom. The first-order valence-electron chi connectivity index (χ1n) is 10.4. The van der Waals surface area contributed by atoms with E-state index in [0.717, 1.165) is 18.4 Å². The lowest BCUT2D eigenvalue weighted by atomic mass is 10.2. The van der Waals surface area contributed by atoms with Gasteiger partial charge in [0.05, 0.1) is 24.1 Å². The number of nitrogens with one attached hydrogen (secondary N) is 3. The van der Waals surface area contributed by atoms with Crippen molar-refractivity contribution >= 4 is 35.2 Å². The zero-order valence-corrected chi connectivity index (χ0v) is 20.4. The molecule has 1 aromatic carbocycles. The highest BCUT2D eigenvalue weighted by molar-refractivity contribution is 7.16. The van der Waals surface area contributed by atoms with E-state index in [2.05, 4.69) is 20.7 Å². The van der Waals surface area contributed by atoms with Crippen molar-refractivity contribution in [2.45, 2.75) is 39.0 Å². The number of nitriles is 1. The van der Waals surface area contributed by atoms with Crippen LogP contribution < -0.4 is 16.0 Å². The minimum atomic E-state index is -1.27. The summed E-state index contributed by atoms with van der Waals surface area (Å²) in [5, 5.41) is 26.4. The van der Waals surface area contributed by atoms with Crippen LogP contribution in [0.25, 0.3) is 0 Å². The fourth-order valence-corrected chi connectivity index (χ4v) is 3.68. The first-order chi connectivity index (χ1) is 16.4. The molecule has 2 rings (SSSR count). The van der Waals surface area contributed by atoms with Crippen LogP contribution in [0.4, 0.5) is 4.79 Å². The van der Waals surface area contributed by atoms with Gasteiger partial charge in [0.2, 0.25) is 0 Å². The number of carbonyl (C=O) groups is 4. The Morgan fingerprint density at radius 2 is 1.86 bits per heavy atom. The van der Waals surface area contributed by atoms with Gasteiger partial charge < -0.3 is 30.5 Å². The van der Waals surface area contributed by atoms with Gasteiger partial charge in [0.25, 0.3) is 11.8 Å². The molecule has 0 aliphatic rings. The Bertz CT molecular complexity index is 1150. The monoisotopic (exact) mass is 502 g/mol. The number of alkyl carbamates (subject to hydrolysis) is 1. The molecule has 0 aliphatic heterocycles. The summed E-state index contributed by atoms with van der Waals surface area (Å²) in [6.07, 6.45) is -0.791. The molecule has 0 bridgehead atoms. The molecule has 12 heteroatoms. The summed E-state index contributed by atoms with van der Waals surface area (Å²) in [7, 11) is 1.12. The Balaban J connectivity index is 2.09. The number of aromatic hydroxyl groups is 1. The van der Waals surface area contributed by atoms with Crippen molar-refractivity contribution in [2.75, 3.05) is 13.7 Å². The Labute approximate surface area is 206 Å². The first kappa shape index (κ1) is 27.1. The number of hydrogen-bond donors (Lipinski definition) is 4. The van der Waals surface area contributed by atoms with Gasteiger partial charge in [-0.05, 0) is 44.5 Å². The van der Waals surface area contributed by atoms with Gasteiger partial charge in [-0.2, -0.15) is 5.26 Å². The van der Waals surface area contributed by atoms with E-state index >= 15 is 0 Å². The Morgan fingerprint density at radius 3 is 2.46 bits per heavy atom. The lowest BCUT2D eigenvalue weighted by molar-refractivity contribution is -0.142. The van der Waals surface area contributed by atoms with Gasteiger partial charge in [0.15, 0.2) is 0 Å². The number of phenols is 1. The number of nitrogens with zero attached hydrogens (tertiary/aromatic N) is 1. The predicted octanol–water partition coefficient (Wildman–Crippen LogP) is 2.05. The van der Waals surface area contributed by atoms with Crippen LogP contribution in [0.1, 0.15) is 51.2 Å². The first-order valence-corrected chi connectivity index (χ1v) is 11.2. The number of carbonyl (C=O) groups excluding carboxylic acids is 4. The summed E-state index contributed by atoms with van der Waals surface area (Å²) in [5.74, 6) is -2.08. The van der Waals surface area contributed by atoms with Crippen LogP contribution in [-0.4, -0.2) is 54.3 Å². The molecule has 0 spiro atoms. The van der Waals surface area contributed by atoms with Gasteiger partial charge >= 0.3 is 12.1 Å². The van der Waals surface area contributed by atoms with E-state index in [1.807, 2.05) is 6.07 Å². The lowest BCUT2D eigenvalue weighted by Gasteiger charge is -2.21. The SMILES string of the molecule is COC(=O)C(CNC(=O)OC(C)(C)C)NC(=O)c1sc(C(=O)NCc2cccc(O)c2)cc1C#N. The van der Waals surface area contributed by atoms with E-state index < -0.39 is 35.5 Å². The zero-order chi connectivity index (χ0) is 26.2. The molecule has 0 saturated heterocycles. The highest BCUT2D eigenvalue weighted by Crippen LogP contribution is 2.22. The summed E-state index contributed by atoms with van der Waals surface area (Å²) in [6.45, 7) is 4.81. The second-order valence-corrected chi connectivity index (χ2v) is 9.30. The maximum absolute atomic E-state index is 12.8. The van der Waals surface area contributed by atoms with Crippen LogP contribution in [0, 0.1) is 11.3 Å². The van der Waals surface area contributed by atoms with E-state index in [0.29, 0.717) is 5.56 Å². The minimum Gasteiger partial charge on any atom is -0.508 e. The van der Waals surface area contributed by atoms with E-state index in [-0.39, 0.29) is 34.2 Å². The highest BCUT2D eigenvalue weighted by atomic mass is 32.1. The number of phenolic OH excluding ortho intramolecular Hbond substituents is 1. The molecule has 186 valence electrons. The van der Waals surface area contributed by atoms with E-state index in [4.69, 9.17) is 4.74 Å². The highest BCUT2D eigenvalue weighted by Gasteiger charge is 2.27. The smallest absolute Gasteiger partial charge is 0.407 e. The van der Waals surface area contributed by atoms with Crippen molar-refractivity contribution in [3.05, 3.63) is 51.2 Å². The van der Waals surface area contributed by atoms with Crippen molar-refractivity contribution in [3.8, 4) is 11.8 Å². The molecule has 1 unspecified atom stereocenters. The molecule has 3 amide bonds. The molecule has 11 nitrogen and oxygen atoms in total. The molecular formula is C23H26N4O7S. The molecule has 1 atom stereocenters. The molecule has 4 N–H and O–H groups in total. The summed E-state index contributed by atoms with van der Waals surface area (Å²) >= 11 is 0.772. The van der Waals surface area contributed by atoms with Crippen molar-refractivity contribution in [1.29, 1.82) is 5.26 Å². The standard InChI is InChI=1S/C23H26N4O7S/c1-23(2,3)34-22(32)26-12-16(21(31)33-4)27-20(30)18-14(10-24)9-17(35-18)19(29)25-11-13-6-5-7-15(28)8-13/h5-9,16,28H,11-12H2,1-4H3,(H,25,29)(H,26,32)(H,27,30). The number of benzene rings is 1. The van der Waals surface area contributed by atoms with E-state index in [1.54, 1.807) is 32.9 Å². The summed E-state index contributed by atoms with van der Waals surface area (Å²) < 4.78 is 9.78. The average molecular weight is 503 g/mol. The van der Waals surface area contributed by atoms with Gasteiger partial charge in [-0.15, -0.1) is 11.3 Å². The molecular weight excluding hydrogens is 476 g/mol. The molecule has 1 heterocycles. The average Bonchev–Trinajstić information content (AvgIpc) is 3.23. The maximum Gasteiger partial charge on any atom is 0.407 e. The molecule has 0 aliphatic carbocycles.